The number of benzene rings is 1. The Morgan fingerprint density at radius 3 is 2.90 bits per heavy atom. The molecule has 0 fully saturated rings. The van der Waals surface area contributed by atoms with Crippen molar-refractivity contribution >= 4 is 11.2 Å². The maximum absolute atomic E-state index is 12.1. The maximum atomic E-state index is 12.1. The van der Waals surface area contributed by atoms with E-state index in [-0.39, 0.29) is 5.56 Å². The van der Waals surface area contributed by atoms with Crippen LogP contribution < -0.4 is 16.0 Å². The van der Waals surface area contributed by atoms with Gasteiger partial charge < -0.3 is 15.0 Å². The van der Waals surface area contributed by atoms with Gasteiger partial charge in [-0.05, 0) is 24.6 Å². The number of hydrogen-bond acceptors (Lipinski definition) is 4. The minimum atomic E-state index is -0.0470. The predicted octanol–water partition coefficient (Wildman–Crippen LogP) is 1.55. The van der Waals surface area contributed by atoms with Crippen molar-refractivity contribution in [1.82, 2.24) is 14.2 Å². The van der Waals surface area contributed by atoms with Crippen LogP contribution in [-0.2, 0) is 6.54 Å². The number of aryl methyl sites for hydroxylation is 1. The lowest BCUT2D eigenvalue weighted by atomic mass is 10.3. The summed E-state index contributed by atoms with van der Waals surface area (Å²) in [6.07, 6.45) is 5.84. The Bertz CT molecular complexity index is 807. The van der Waals surface area contributed by atoms with Crippen molar-refractivity contribution in [1.29, 1.82) is 0 Å². The van der Waals surface area contributed by atoms with Gasteiger partial charge in [-0.3, -0.25) is 4.79 Å². The molecule has 3 aromatic rings. The molecule has 0 unspecified atom stereocenters. The molecular weight excluding hydrogens is 268 g/mol. The van der Waals surface area contributed by atoms with Gasteiger partial charge in [0.05, 0.1) is 18.5 Å². The fourth-order valence-corrected chi connectivity index (χ4v) is 2.17. The molecule has 0 aliphatic heterocycles. The molecule has 0 saturated carbocycles. The molecule has 2 N–H and O–H groups in total. The molecule has 21 heavy (non-hydrogen) atoms. The standard InChI is InChI=1S/C15H16N4O2/c16-12-4-1-2-5-14(12)21-11-3-8-18-9-10-19-13(15(18)20)6-7-17-19/h1-2,4-7,9-10H,3,8,11,16H2. The van der Waals surface area contributed by atoms with Crippen LogP contribution in [0, 0.1) is 0 Å². The molecule has 0 atom stereocenters. The summed E-state index contributed by atoms with van der Waals surface area (Å²) in [7, 11) is 0. The van der Waals surface area contributed by atoms with Crippen LogP contribution in [0.1, 0.15) is 6.42 Å². The third-order valence-electron chi connectivity index (χ3n) is 3.26. The first-order chi connectivity index (χ1) is 10.3. The SMILES string of the molecule is Nc1ccccc1OCCCn1ccn2nccc2c1=O. The lowest BCUT2D eigenvalue weighted by molar-refractivity contribution is 0.302. The Hall–Kier alpha value is -2.76. The van der Waals surface area contributed by atoms with Crippen molar-refractivity contribution in [2.24, 2.45) is 0 Å². The third kappa shape index (κ3) is 2.74. The van der Waals surface area contributed by atoms with E-state index < -0.39 is 0 Å². The largest absolute Gasteiger partial charge is 0.491 e. The third-order valence-corrected chi connectivity index (χ3v) is 3.26. The number of nitrogens with zero attached hydrogens (tertiary/aromatic N) is 3. The lowest BCUT2D eigenvalue weighted by Crippen LogP contribution is -2.22. The summed E-state index contributed by atoms with van der Waals surface area (Å²) in [5, 5.41) is 4.03. The number of aromatic nitrogens is 3. The highest BCUT2D eigenvalue weighted by atomic mass is 16.5. The van der Waals surface area contributed by atoms with Gasteiger partial charge in [-0.25, -0.2) is 4.52 Å². The fraction of sp³-hybridized carbons (Fsp3) is 0.200. The van der Waals surface area contributed by atoms with Crippen LogP contribution in [0.25, 0.3) is 5.52 Å². The van der Waals surface area contributed by atoms with E-state index >= 15 is 0 Å². The zero-order valence-corrected chi connectivity index (χ0v) is 11.5. The van der Waals surface area contributed by atoms with Gasteiger partial charge >= 0.3 is 0 Å². The zero-order valence-electron chi connectivity index (χ0n) is 11.5. The Morgan fingerprint density at radius 1 is 1.19 bits per heavy atom. The van der Waals surface area contributed by atoms with Crippen LogP contribution in [0.3, 0.4) is 0 Å². The summed E-state index contributed by atoms with van der Waals surface area (Å²) in [5.41, 5.74) is 6.95. The van der Waals surface area contributed by atoms with Crippen LogP contribution >= 0.6 is 0 Å². The van der Waals surface area contributed by atoms with E-state index in [4.69, 9.17) is 10.5 Å². The normalized spacial score (nSPS) is 10.9. The summed E-state index contributed by atoms with van der Waals surface area (Å²) in [6.45, 7) is 1.10. The minimum Gasteiger partial charge on any atom is -0.491 e. The number of fused-ring (bicyclic) bond motifs is 1. The van der Waals surface area contributed by atoms with Crippen molar-refractivity contribution in [2.45, 2.75) is 13.0 Å². The Balaban J connectivity index is 1.61. The molecule has 1 aromatic carbocycles. The molecule has 0 radical (unpaired) electrons. The summed E-state index contributed by atoms with van der Waals surface area (Å²) in [5.74, 6) is 0.677. The number of anilines is 1. The fourth-order valence-electron chi connectivity index (χ4n) is 2.17. The molecule has 0 spiro atoms. The van der Waals surface area contributed by atoms with E-state index in [1.807, 2.05) is 18.2 Å². The molecule has 0 aliphatic carbocycles. The van der Waals surface area contributed by atoms with Gasteiger partial charge in [0.1, 0.15) is 11.3 Å². The van der Waals surface area contributed by atoms with Gasteiger partial charge in [-0.1, -0.05) is 12.1 Å². The van der Waals surface area contributed by atoms with Crippen LogP contribution in [0.4, 0.5) is 5.69 Å². The Kier molecular flexibility index (Phi) is 3.59. The number of hydrogen-bond donors (Lipinski definition) is 1. The van der Waals surface area contributed by atoms with Crippen molar-refractivity contribution in [3.05, 3.63) is 59.3 Å². The molecule has 3 rings (SSSR count). The van der Waals surface area contributed by atoms with Crippen molar-refractivity contribution in [3.63, 3.8) is 0 Å². The molecule has 0 amide bonds. The van der Waals surface area contributed by atoms with E-state index in [1.165, 1.54) is 0 Å². The topological polar surface area (TPSA) is 74.6 Å². The van der Waals surface area contributed by atoms with Gasteiger partial charge in [-0.2, -0.15) is 5.10 Å². The molecule has 0 saturated heterocycles. The average molecular weight is 284 g/mol. The van der Waals surface area contributed by atoms with E-state index in [1.54, 1.807) is 39.8 Å². The molecular formula is C15H16N4O2. The maximum Gasteiger partial charge on any atom is 0.276 e. The summed E-state index contributed by atoms with van der Waals surface area (Å²) >= 11 is 0. The summed E-state index contributed by atoms with van der Waals surface area (Å²) in [6, 6.07) is 9.08. The highest BCUT2D eigenvalue weighted by Crippen LogP contribution is 2.19. The van der Waals surface area contributed by atoms with Gasteiger partial charge in [0.15, 0.2) is 0 Å². The molecule has 6 nitrogen and oxygen atoms in total. The summed E-state index contributed by atoms with van der Waals surface area (Å²) in [4.78, 5) is 12.1. The smallest absolute Gasteiger partial charge is 0.276 e. The first-order valence-electron chi connectivity index (χ1n) is 6.76. The van der Waals surface area contributed by atoms with Crippen LogP contribution in [0.15, 0.2) is 53.7 Å². The van der Waals surface area contributed by atoms with Crippen LogP contribution in [0.2, 0.25) is 0 Å². The van der Waals surface area contributed by atoms with Gasteiger partial charge in [-0.15, -0.1) is 0 Å². The van der Waals surface area contributed by atoms with Gasteiger partial charge in [0, 0.05) is 18.9 Å². The molecule has 0 aliphatic rings. The van der Waals surface area contributed by atoms with Crippen molar-refractivity contribution in [3.8, 4) is 5.75 Å². The second kappa shape index (κ2) is 5.70. The van der Waals surface area contributed by atoms with E-state index in [9.17, 15) is 4.79 Å². The van der Waals surface area contributed by atoms with E-state index in [2.05, 4.69) is 5.10 Å². The zero-order chi connectivity index (χ0) is 14.7. The van der Waals surface area contributed by atoms with E-state index in [0.717, 1.165) is 6.42 Å². The van der Waals surface area contributed by atoms with Crippen LogP contribution in [0.5, 0.6) is 5.75 Å². The monoisotopic (exact) mass is 284 g/mol. The second-order valence-electron chi connectivity index (χ2n) is 4.70. The lowest BCUT2D eigenvalue weighted by Gasteiger charge is -2.09. The van der Waals surface area contributed by atoms with Crippen molar-refractivity contribution < 1.29 is 4.74 Å². The van der Waals surface area contributed by atoms with Gasteiger partial charge in [0.25, 0.3) is 5.56 Å². The van der Waals surface area contributed by atoms with Crippen LogP contribution in [-0.4, -0.2) is 20.8 Å². The second-order valence-corrected chi connectivity index (χ2v) is 4.70. The predicted molar refractivity (Wildman–Crippen MR) is 80.4 cm³/mol. The number of ether oxygens (including phenoxy) is 1. The number of nitrogen functional groups attached to an aromatic ring is 1. The highest BCUT2D eigenvalue weighted by Gasteiger charge is 2.03. The Morgan fingerprint density at radius 2 is 2.05 bits per heavy atom. The van der Waals surface area contributed by atoms with Gasteiger partial charge in [0.2, 0.25) is 0 Å². The molecule has 6 heteroatoms. The van der Waals surface area contributed by atoms with Crippen molar-refractivity contribution in [2.75, 3.05) is 12.3 Å². The average Bonchev–Trinajstić information content (AvgIpc) is 2.97. The first-order valence-corrected chi connectivity index (χ1v) is 6.76. The summed E-state index contributed by atoms with van der Waals surface area (Å²) < 4.78 is 8.84. The number of para-hydroxylation sites is 2. The van der Waals surface area contributed by atoms with E-state index in [0.29, 0.717) is 30.1 Å². The number of nitrogens with two attached hydrogens (primary N) is 1. The molecule has 108 valence electrons. The highest BCUT2D eigenvalue weighted by molar-refractivity contribution is 5.51. The number of rotatable bonds is 5. The first kappa shape index (κ1) is 13.2. The molecule has 2 heterocycles. The quantitative estimate of drug-likeness (QED) is 0.570. The minimum absolute atomic E-state index is 0.0470. The molecule has 2 aromatic heterocycles. The molecule has 0 bridgehead atoms. The Labute approximate surface area is 121 Å².